The van der Waals surface area contributed by atoms with E-state index in [-0.39, 0.29) is 23.8 Å². The molecule has 1 aliphatic heterocycles. The van der Waals surface area contributed by atoms with E-state index in [2.05, 4.69) is 10.2 Å². The molecule has 1 aliphatic rings. The highest BCUT2D eigenvalue weighted by Crippen LogP contribution is 2.20. The van der Waals surface area contributed by atoms with Crippen LogP contribution in [0.5, 0.6) is 0 Å². The summed E-state index contributed by atoms with van der Waals surface area (Å²) in [4.78, 5) is 28.9. The zero-order valence-corrected chi connectivity index (χ0v) is 16.6. The molecule has 3 rings (SSSR count). The molecule has 2 aromatic rings. The second-order valence-electron chi connectivity index (χ2n) is 7.44. The lowest BCUT2D eigenvalue weighted by molar-refractivity contribution is -0.133. The first-order chi connectivity index (χ1) is 13.5. The van der Waals surface area contributed by atoms with E-state index in [9.17, 15) is 9.59 Å². The Labute approximate surface area is 166 Å². The van der Waals surface area contributed by atoms with Gasteiger partial charge in [-0.3, -0.25) is 14.5 Å². The van der Waals surface area contributed by atoms with Gasteiger partial charge in [-0.2, -0.15) is 0 Å². The van der Waals surface area contributed by atoms with Crippen LogP contribution in [0, 0.1) is 5.92 Å². The first-order valence-corrected chi connectivity index (χ1v) is 9.87. The van der Waals surface area contributed by atoms with Crippen LogP contribution in [-0.2, 0) is 16.1 Å². The molecule has 6 nitrogen and oxygen atoms in total. The summed E-state index contributed by atoms with van der Waals surface area (Å²) in [5, 5.41) is 2.94. The van der Waals surface area contributed by atoms with Crippen LogP contribution in [0.25, 0.3) is 0 Å². The van der Waals surface area contributed by atoms with E-state index < -0.39 is 0 Å². The van der Waals surface area contributed by atoms with Crippen LogP contribution in [0.3, 0.4) is 0 Å². The van der Waals surface area contributed by atoms with Gasteiger partial charge in [0.05, 0.1) is 25.4 Å². The summed E-state index contributed by atoms with van der Waals surface area (Å²) < 4.78 is 5.24. The Balaban J connectivity index is 1.42. The van der Waals surface area contributed by atoms with Crippen LogP contribution in [0.2, 0.25) is 0 Å². The van der Waals surface area contributed by atoms with Crippen molar-refractivity contribution in [2.75, 3.05) is 26.7 Å². The van der Waals surface area contributed by atoms with Crippen molar-refractivity contribution in [3.8, 4) is 0 Å². The quantitative estimate of drug-likeness (QED) is 0.798. The van der Waals surface area contributed by atoms with Gasteiger partial charge in [-0.1, -0.05) is 30.3 Å². The SMILES string of the molecule is C[C@@H](c1ccccc1)N(C)C(=O)CN1CCC(C(=O)NCc2ccco2)CC1. The van der Waals surface area contributed by atoms with Crippen molar-refractivity contribution < 1.29 is 14.0 Å². The number of hydrogen-bond donors (Lipinski definition) is 1. The van der Waals surface area contributed by atoms with E-state index in [1.165, 1.54) is 0 Å². The minimum atomic E-state index is 0.00212. The Morgan fingerprint density at radius 3 is 2.54 bits per heavy atom. The molecule has 0 bridgehead atoms. The van der Waals surface area contributed by atoms with Crippen LogP contribution < -0.4 is 5.32 Å². The van der Waals surface area contributed by atoms with Crippen molar-refractivity contribution in [1.82, 2.24) is 15.1 Å². The molecule has 6 heteroatoms. The van der Waals surface area contributed by atoms with Crippen molar-refractivity contribution in [1.29, 1.82) is 0 Å². The maximum atomic E-state index is 12.7. The number of nitrogens with zero attached hydrogens (tertiary/aromatic N) is 2. The van der Waals surface area contributed by atoms with Gasteiger partial charge in [0.2, 0.25) is 11.8 Å². The fourth-order valence-corrected chi connectivity index (χ4v) is 3.56. The average molecular weight is 383 g/mol. The highest BCUT2D eigenvalue weighted by atomic mass is 16.3. The smallest absolute Gasteiger partial charge is 0.236 e. The number of amides is 2. The molecule has 2 amide bonds. The number of furan rings is 1. The maximum Gasteiger partial charge on any atom is 0.236 e. The lowest BCUT2D eigenvalue weighted by atomic mass is 9.96. The fourth-order valence-electron chi connectivity index (χ4n) is 3.56. The Bertz CT molecular complexity index is 753. The Hall–Kier alpha value is -2.60. The first-order valence-electron chi connectivity index (χ1n) is 9.87. The Morgan fingerprint density at radius 2 is 1.89 bits per heavy atom. The molecule has 0 spiro atoms. The van der Waals surface area contributed by atoms with Gasteiger partial charge in [0, 0.05) is 13.0 Å². The van der Waals surface area contributed by atoms with Crippen LogP contribution in [-0.4, -0.2) is 48.3 Å². The van der Waals surface area contributed by atoms with E-state index in [1.807, 2.05) is 56.4 Å². The molecule has 0 aliphatic carbocycles. The number of carbonyl (C=O) groups excluding carboxylic acids is 2. The lowest BCUT2D eigenvalue weighted by Gasteiger charge is -2.33. The molecule has 1 aromatic heterocycles. The number of likely N-dealkylation sites (N-methyl/N-ethyl adjacent to an activating group) is 1. The molecule has 2 heterocycles. The van der Waals surface area contributed by atoms with Gasteiger partial charge in [0.15, 0.2) is 0 Å². The molecule has 0 radical (unpaired) electrons. The Kier molecular flexibility index (Phi) is 6.87. The summed E-state index contributed by atoms with van der Waals surface area (Å²) in [6, 6.07) is 13.8. The minimum Gasteiger partial charge on any atom is -0.467 e. The van der Waals surface area contributed by atoms with E-state index in [4.69, 9.17) is 4.42 Å². The molecule has 0 saturated carbocycles. The Morgan fingerprint density at radius 1 is 1.18 bits per heavy atom. The van der Waals surface area contributed by atoms with Gasteiger partial charge >= 0.3 is 0 Å². The second kappa shape index (κ2) is 9.55. The van der Waals surface area contributed by atoms with E-state index in [1.54, 1.807) is 11.2 Å². The third-order valence-corrected chi connectivity index (χ3v) is 5.59. The normalized spacial score (nSPS) is 16.5. The van der Waals surface area contributed by atoms with Crippen LogP contribution in [0.1, 0.15) is 37.1 Å². The van der Waals surface area contributed by atoms with Gasteiger partial charge < -0.3 is 14.6 Å². The third-order valence-electron chi connectivity index (χ3n) is 5.59. The van der Waals surface area contributed by atoms with E-state index in [0.717, 1.165) is 37.3 Å². The van der Waals surface area contributed by atoms with Crippen LogP contribution in [0.4, 0.5) is 0 Å². The van der Waals surface area contributed by atoms with Gasteiger partial charge in [-0.15, -0.1) is 0 Å². The summed E-state index contributed by atoms with van der Waals surface area (Å²) >= 11 is 0. The van der Waals surface area contributed by atoms with Crippen molar-refractivity contribution in [3.63, 3.8) is 0 Å². The zero-order chi connectivity index (χ0) is 19.9. The van der Waals surface area contributed by atoms with Crippen LogP contribution >= 0.6 is 0 Å². The molecule has 1 aromatic carbocycles. The van der Waals surface area contributed by atoms with Crippen molar-refractivity contribution in [3.05, 3.63) is 60.1 Å². The number of benzene rings is 1. The van der Waals surface area contributed by atoms with E-state index >= 15 is 0 Å². The predicted molar refractivity (Wildman–Crippen MR) is 107 cm³/mol. The summed E-state index contributed by atoms with van der Waals surface area (Å²) in [5.41, 5.74) is 1.13. The first kappa shape index (κ1) is 20.1. The maximum absolute atomic E-state index is 12.7. The fraction of sp³-hybridized carbons (Fsp3) is 0.455. The monoisotopic (exact) mass is 383 g/mol. The van der Waals surface area contributed by atoms with Gasteiger partial charge in [-0.05, 0) is 50.6 Å². The summed E-state index contributed by atoms with van der Waals surface area (Å²) in [7, 11) is 1.86. The molecule has 1 fully saturated rings. The largest absolute Gasteiger partial charge is 0.467 e. The number of piperidine rings is 1. The number of likely N-dealkylation sites (tertiary alicyclic amines) is 1. The average Bonchev–Trinajstić information content (AvgIpc) is 3.25. The molecule has 1 N–H and O–H groups in total. The number of carbonyl (C=O) groups is 2. The van der Waals surface area contributed by atoms with Gasteiger partial charge in [0.25, 0.3) is 0 Å². The second-order valence-corrected chi connectivity index (χ2v) is 7.44. The van der Waals surface area contributed by atoms with Crippen LogP contribution in [0.15, 0.2) is 53.1 Å². The third kappa shape index (κ3) is 5.23. The topological polar surface area (TPSA) is 65.8 Å². The van der Waals surface area contributed by atoms with Crippen molar-refractivity contribution >= 4 is 11.8 Å². The van der Waals surface area contributed by atoms with Gasteiger partial charge in [-0.25, -0.2) is 0 Å². The minimum absolute atomic E-state index is 0.00212. The van der Waals surface area contributed by atoms with Crippen molar-refractivity contribution in [2.24, 2.45) is 5.92 Å². The predicted octanol–water partition coefficient (Wildman–Crippen LogP) is 2.83. The highest BCUT2D eigenvalue weighted by molar-refractivity contribution is 5.79. The number of hydrogen-bond acceptors (Lipinski definition) is 4. The standard InChI is InChI=1S/C22H29N3O3/c1-17(18-7-4-3-5-8-18)24(2)21(26)16-25-12-10-19(11-13-25)22(27)23-15-20-9-6-14-28-20/h3-9,14,17,19H,10-13,15-16H2,1-2H3,(H,23,27)/t17-/m0/s1. The molecular weight excluding hydrogens is 354 g/mol. The zero-order valence-electron chi connectivity index (χ0n) is 16.6. The van der Waals surface area contributed by atoms with Crippen molar-refractivity contribution in [2.45, 2.75) is 32.4 Å². The summed E-state index contributed by atoms with van der Waals surface area (Å²) in [5.74, 6) is 0.934. The molecular formula is C22H29N3O3. The molecule has 1 saturated heterocycles. The molecule has 0 unspecified atom stereocenters. The number of rotatable bonds is 7. The molecule has 1 atom stereocenters. The molecule has 28 heavy (non-hydrogen) atoms. The summed E-state index contributed by atoms with van der Waals surface area (Å²) in [6.45, 7) is 4.39. The lowest BCUT2D eigenvalue weighted by Crippen LogP contribution is -2.45. The van der Waals surface area contributed by atoms with E-state index in [0.29, 0.717) is 13.1 Å². The van der Waals surface area contributed by atoms with Gasteiger partial charge in [0.1, 0.15) is 5.76 Å². The highest BCUT2D eigenvalue weighted by Gasteiger charge is 2.27. The molecule has 150 valence electrons. The summed E-state index contributed by atoms with van der Waals surface area (Å²) in [6.07, 6.45) is 3.15. The number of nitrogens with one attached hydrogen (secondary N) is 1.